The molecule has 0 saturated carbocycles. The van der Waals surface area contributed by atoms with Gasteiger partial charge >= 0.3 is 5.97 Å². The molecule has 0 spiro atoms. The first kappa shape index (κ1) is 13.9. The van der Waals surface area contributed by atoms with Gasteiger partial charge in [-0.15, -0.1) is 11.3 Å². The maximum atomic E-state index is 11.3. The molecule has 0 unspecified atom stereocenters. The quantitative estimate of drug-likeness (QED) is 0.795. The van der Waals surface area contributed by atoms with E-state index in [2.05, 4.69) is 4.98 Å². The van der Waals surface area contributed by atoms with Crippen molar-refractivity contribution in [2.24, 2.45) is 0 Å². The van der Waals surface area contributed by atoms with Crippen LogP contribution < -0.4 is 9.47 Å². The molecule has 0 N–H and O–H groups in total. The van der Waals surface area contributed by atoms with E-state index >= 15 is 0 Å². The van der Waals surface area contributed by atoms with Crippen molar-refractivity contribution < 1.29 is 19.0 Å². The summed E-state index contributed by atoms with van der Waals surface area (Å²) in [6.45, 7) is 2.48. The van der Waals surface area contributed by atoms with Crippen LogP contribution in [0.25, 0.3) is 10.6 Å². The molecule has 0 bridgehead atoms. The van der Waals surface area contributed by atoms with Crippen molar-refractivity contribution in [1.82, 2.24) is 4.98 Å². The van der Waals surface area contributed by atoms with Gasteiger partial charge in [0.1, 0.15) is 5.01 Å². The van der Waals surface area contributed by atoms with Crippen molar-refractivity contribution in [3.05, 3.63) is 29.3 Å². The molecule has 0 saturated heterocycles. The average Bonchev–Trinajstić information content (AvgIpc) is 3.13. The number of nitrogens with zero attached hydrogens (tertiary/aromatic N) is 1. The Bertz CT molecular complexity index is 653. The summed E-state index contributed by atoms with van der Waals surface area (Å²) in [6.07, 6.45) is 0.956. The lowest BCUT2D eigenvalue weighted by atomic mass is 10.2. The van der Waals surface area contributed by atoms with E-state index < -0.39 is 0 Å². The average molecular weight is 305 g/mol. The lowest BCUT2D eigenvalue weighted by Gasteiger charge is -2.00. The number of hydrogen-bond donors (Lipinski definition) is 0. The van der Waals surface area contributed by atoms with E-state index in [0.29, 0.717) is 19.4 Å². The molecule has 0 radical (unpaired) electrons. The first-order chi connectivity index (χ1) is 10.3. The zero-order chi connectivity index (χ0) is 14.7. The molecule has 21 heavy (non-hydrogen) atoms. The summed E-state index contributed by atoms with van der Waals surface area (Å²) in [5.41, 5.74) is 1.90. The minimum Gasteiger partial charge on any atom is -0.466 e. The van der Waals surface area contributed by atoms with E-state index in [-0.39, 0.29) is 12.8 Å². The van der Waals surface area contributed by atoms with E-state index in [4.69, 9.17) is 14.2 Å². The summed E-state index contributed by atoms with van der Waals surface area (Å²) in [7, 11) is 0. The van der Waals surface area contributed by atoms with E-state index in [1.165, 1.54) is 0 Å². The van der Waals surface area contributed by atoms with Crippen LogP contribution in [0.2, 0.25) is 0 Å². The van der Waals surface area contributed by atoms with Gasteiger partial charge in [0.15, 0.2) is 11.5 Å². The van der Waals surface area contributed by atoms with Gasteiger partial charge in [0, 0.05) is 17.4 Å². The normalized spacial score (nSPS) is 12.4. The third-order valence-electron chi connectivity index (χ3n) is 3.06. The summed E-state index contributed by atoms with van der Waals surface area (Å²) in [6, 6.07) is 5.77. The molecule has 110 valence electrons. The fourth-order valence-electron chi connectivity index (χ4n) is 2.05. The topological polar surface area (TPSA) is 57.7 Å². The number of aryl methyl sites for hydroxylation is 1. The van der Waals surface area contributed by atoms with Crippen molar-refractivity contribution in [1.29, 1.82) is 0 Å². The molecule has 1 aromatic carbocycles. The number of aromatic nitrogens is 1. The van der Waals surface area contributed by atoms with Gasteiger partial charge in [-0.05, 0) is 25.1 Å². The highest BCUT2D eigenvalue weighted by Crippen LogP contribution is 2.36. The Morgan fingerprint density at radius 3 is 3.10 bits per heavy atom. The van der Waals surface area contributed by atoms with Crippen LogP contribution in [0.4, 0.5) is 0 Å². The summed E-state index contributed by atoms with van der Waals surface area (Å²) >= 11 is 1.55. The van der Waals surface area contributed by atoms with Crippen molar-refractivity contribution in [2.45, 2.75) is 19.8 Å². The van der Waals surface area contributed by atoms with Crippen LogP contribution in [0.1, 0.15) is 19.0 Å². The Hall–Kier alpha value is -2.08. The zero-order valence-corrected chi connectivity index (χ0v) is 12.4. The molecule has 6 heteroatoms. The number of ether oxygens (including phenoxy) is 3. The SMILES string of the molecule is CCOC(=O)CCc1csc(-c2ccc3c(c2)OCO3)n1. The van der Waals surface area contributed by atoms with Gasteiger partial charge in [-0.2, -0.15) is 0 Å². The second kappa shape index (κ2) is 6.13. The number of rotatable bonds is 5. The number of carbonyl (C=O) groups is 1. The van der Waals surface area contributed by atoms with Crippen LogP contribution in [0.3, 0.4) is 0 Å². The summed E-state index contributed by atoms with van der Waals surface area (Å²) in [4.78, 5) is 15.9. The first-order valence-electron chi connectivity index (χ1n) is 6.76. The van der Waals surface area contributed by atoms with Gasteiger partial charge in [0.25, 0.3) is 0 Å². The molecule has 0 aliphatic carbocycles. The number of fused-ring (bicyclic) bond motifs is 1. The Balaban J connectivity index is 1.68. The van der Waals surface area contributed by atoms with Gasteiger partial charge in [-0.25, -0.2) is 4.98 Å². The molecule has 0 amide bonds. The number of thiazole rings is 1. The lowest BCUT2D eigenvalue weighted by molar-refractivity contribution is -0.143. The van der Waals surface area contributed by atoms with Gasteiger partial charge < -0.3 is 14.2 Å². The van der Waals surface area contributed by atoms with E-state index in [9.17, 15) is 4.79 Å². The molecule has 1 aliphatic heterocycles. The molecule has 0 fully saturated rings. The fourth-order valence-corrected chi connectivity index (χ4v) is 2.90. The highest BCUT2D eigenvalue weighted by molar-refractivity contribution is 7.13. The van der Waals surface area contributed by atoms with E-state index in [0.717, 1.165) is 27.8 Å². The maximum absolute atomic E-state index is 11.3. The predicted molar refractivity (Wildman–Crippen MR) is 78.6 cm³/mol. The minimum absolute atomic E-state index is 0.185. The Kier molecular flexibility index (Phi) is 4.06. The summed E-state index contributed by atoms with van der Waals surface area (Å²) < 4.78 is 15.6. The molecule has 0 atom stereocenters. The molecule has 2 heterocycles. The van der Waals surface area contributed by atoms with Crippen LogP contribution in [-0.2, 0) is 16.0 Å². The van der Waals surface area contributed by atoms with E-state index in [1.807, 2.05) is 23.6 Å². The van der Waals surface area contributed by atoms with Gasteiger partial charge in [0.2, 0.25) is 6.79 Å². The van der Waals surface area contributed by atoms with Crippen LogP contribution >= 0.6 is 11.3 Å². The van der Waals surface area contributed by atoms with Crippen molar-refractivity contribution in [3.63, 3.8) is 0 Å². The number of benzene rings is 1. The standard InChI is InChI=1S/C15H15NO4S/c1-2-18-14(17)6-4-11-8-21-15(16-11)10-3-5-12-13(7-10)20-9-19-12/h3,5,7-8H,2,4,6,9H2,1H3. The van der Waals surface area contributed by atoms with Gasteiger partial charge in [-0.1, -0.05) is 0 Å². The monoisotopic (exact) mass is 305 g/mol. The first-order valence-corrected chi connectivity index (χ1v) is 7.64. The predicted octanol–water partition coefficient (Wildman–Crippen LogP) is 3.03. The summed E-state index contributed by atoms with van der Waals surface area (Å²) in [5.74, 6) is 1.32. The second-order valence-corrected chi connectivity index (χ2v) is 5.38. The smallest absolute Gasteiger partial charge is 0.306 e. The van der Waals surface area contributed by atoms with Gasteiger partial charge in [0.05, 0.1) is 18.7 Å². The van der Waals surface area contributed by atoms with Crippen molar-refractivity contribution in [3.8, 4) is 22.1 Å². The number of hydrogen-bond acceptors (Lipinski definition) is 6. The third-order valence-corrected chi connectivity index (χ3v) is 4.00. The molecular formula is C15H15NO4S. The molecule has 1 aliphatic rings. The Morgan fingerprint density at radius 1 is 1.38 bits per heavy atom. The highest BCUT2D eigenvalue weighted by Gasteiger charge is 2.15. The molecule has 5 nitrogen and oxygen atoms in total. The second-order valence-electron chi connectivity index (χ2n) is 4.52. The molecular weight excluding hydrogens is 290 g/mol. The van der Waals surface area contributed by atoms with Crippen molar-refractivity contribution >= 4 is 17.3 Å². The molecule has 1 aromatic heterocycles. The Labute approximate surface area is 126 Å². The van der Waals surface area contributed by atoms with E-state index in [1.54, 1.807) is 18.3 Å². The van der Waals surface area contributed by atoms with Crippen LogP contribution in [0.5, 0.6) is 11.5 Å². The summed E-state index contributed by atoms with van der Waals surface area (Å²) in [5, 5.41) is 2.88. The number of esters is 1. The number of carbonyl (C=O) groups excluding carboxylic acids is 1. The van der Waals surface area contributed by atoms with Gasteiger partial charge in [-0.3, -0.25) is 4.79 Å². The molecule has 2 aromatic rings. The van der Waals surface area contributed by atoms with Crippen LogP contribution in [0, 0.1) is 0 Å². The lowest BCUT2D eigenvalue weighted by Crippen LogP contribution is -2.05. The Morgan fingerprint density at radius 2 is 2.24 bits per heavy atom. The highest BCUT2D eigenvalue weighted by atomic mass is 32.1. The third kappa shape index (κ3) is 3.16. The van der Waals surface area contributed by atoms with Crippen LogP contribution in [0.15, 0.2) is 23.6 Å². The molecule has 3 rings (SSSR count). The zero-order valence-electron chi connectivity index (χ0n) is 11.6. The largest absolute Gasteiger partial charge is 0.466 e. The van der Waals surface area contributed by atoms with Crippen molar-refractivity contribution in [2.75, 3.05) is 13.4 Å². The van der Waals surface area contributed by atoms with Crippen LogP contribution in [-0.4, -0.2) is 24.4 Å². The minimum atomic E-state index is -0.185. The fraction of sp³-hybridized carbons (Fsp3) is 0.333. The maximum Gasteiger partial charge on any atom is 0.306 e.